The molecular weight excluding hydrogens is 590 g/mol. The molecule has 0 radical (unpaired) electrons. The fraction of sp³-hybridized carbons (Fsp3) is 0.156. The van der Waals surface area contributed by atoms with Crippen LogP contribution in [0.2, 0.25) is 5.02 Å². The number of ether oxygens (including phenoxy) is 1. The lowest BCUT2D eigenvalue weighted by Gasteiger charge is -2.23. The van der Waals surface area contributed by atoms with Crippen molar-refractivity contribution in [1.82, 2.24) is 4.90 Å². The Hall–Kier alpha value is -4.67. The summed E-state index contributed by atoms with van der Waals surface area (Å²) in [5.74, 6) is -0.667. The molecule has 9 nitrogen and oxygen atoms in total. The predicted molar refractivity (Wildman–Crippen MR) is 165 cm³/mol. The highest BCUT2D eigenvalue weighted by Gasteiger charge is 2.30. The standard InChI is InChI=1S/C32H28ClN3O6S/c1-35(32(39)42-21-30-28-14-4-2-12-26(28)27-13-3-5-15-29(27)30)20-31(38)34-23-9-7-11-25(19-23)43(40,41)36(16-17-37)24-10-6-8-22(33)18-24/h2-15,17-19,30H,16,20-21H2,1H3,(H,34,38). The van der Waals surface area contributed by atoms with Gasteiger partial charge in [-0.25, -0.2) is 13.2 Å². The number of fused-ring (bicyclic) bond motifs is 3. The van der Waals surface area contributed by atoms with Crippen LogP contribution < -0.4 is 9.62 Å². The second kappa shape index (κ2) is 12.7. The van der Waals surface area contributed by atoms with E-state index in [1.807, 2.05) is 48.5 Å². The number of halogens is 1. The first-order valence-electron chi connectivity index (χ1n) is 13.4. The lowest BCUT2D eigenvalue weighted by Crippen LogP contribution is -2.36. The summed E-state index contributed by atoms with van der Waals surface area (Å²) in [5, 5.41) is 2.93. The van der Waals surface area contributed by atoms with Crippen molar-refractivity contribution in [3.05, 3.63) is 113 Å². The molecule has 0 saturated heterocycles. The van der Waals surface area contributed by atoms with Crippen molar-refractivity contribution in [3.63, 3.8) is 0 Å². The summed E-state index contributed by atoms with van der Waals surface area (Å²) >= 11 is 6.03. The van der Waals surface area contributed by atoms with Gasteiger partial charge in [-0.3, -0.25) is 9.10 Å². The molecular formula is C32H28ClN3O6S. The summed E-state index contributed by atoms with van der Waals surface area (Å²) in [5.41, 5.74) is 4.79. The zero-order valence-corrected chi connectivity index (χ0v) is 24.7. The highest BCUT2D eigenvalue weighted by molar-refractivity contribution is 7.92. The van der Waals surface area contributed by atoms with Crippen molar-refractivity contribution >= 4 is 51.3 Å². The van der Waals surface area contributed by atoms with E-state index in [9.17, 15) is 22.8 Å². The molecule has 4 aromatic carbocycles. The average Bonchev–Trinajstić information content (AvgIpc) is 3.32. The lowest BCUT2D eigenvalue weighted by molar-refractivity contribution is -0.116. The van der Waals surface area contributed by atoms with E-state index in [0.29, 0.717) is 11.3 Å². The molecule has 0 fully saturated rings. The molecule has 0 spiro atoms. The molecule has 1 aliphatic rings. The Labute approximate surface area is 254 Å². The molecule has 1 aliphatic carbocycles. The van der Waals surface area contributed by atoms with Gasteiger partial charge in [0.2, 0.25) is 5.91 Å². The van der Waals surface area contributed by atoms with Gasteiger partial charge in [-0.1, -0.05) is 72.3 Å². The second-order valence-corrected chi connectivity index (χ2v) is 12.2. The molecule has 0 unspecified atom stereocenters. The van der Waals surface area contributed by atoms with Crippen molar-refractivity contribution < 1.29 is 27.5 Å². The smallest absolute Gasteiger partial charge is 0.409 e. The van der Waals surface area contributed by atoms with E-state index in [-0.39, 0.29) is 35.3 Å². The summed E-state index contributed by atoms with van der Waals surface area (Å²) in [6.07, 6.45) is -0.192. The Morgan fingerprint density at radius 1 is 0.907 bits per heavy atom. The first kappa shape index (κ1) is 29.8. The number of aldehydes is 1. The van der Waals surface area contributed by atoms with E-state index in [4.69, 9.17) is 16.3 Å². The number of amides is 2. The third-order valence-corrected chi connectivity index (χ3v) is 9.10. The van der Waals surface area contributed by atoms with Crippen LogP contribution in [0.15, 0.2) is 102 Å². The van der Waals surface area contributed by atoms with Crippen molar-refractivity contribution in [2.75, 3.05) is 36.4 Å². The van der Waals surface area contributed by atoms with Crippen LogP contribution in [0.4, 0.5) is 16.2 Å². The van der Waals surface area contributed by atoms with E-state index in [1.54, 1.807) is 12.1 Å². The zero-order valence-electron chi connectivity index (χ0n) is 23.1. The van der Waals surface area contributed by atoms with Crippen LogP contribution in [0.25, 0.3) is 11.1 Å². The lowest BCUT2D eigenvalue weighted by atomic mass is 9.98. The number of anilines is 2. The minimum atomic E-state index is -4.18. The number of likely N-dealkylation sites (N-methyl/N-ethyl adjacent to an activating group) is 1. The number of carbonyl (C=O) groups is 3. The van der Waals surface area contributed by atoms with Gasteiger partial charge in [0.05, 0.1) is 17.1 Å². The van der Waals surface area contributed by atoms with Gasteiger partial charge in [-0.2, -0.15) is 0 Å². The largest absolute Gasteiger partial charge is 0.448 e. The normalized spacial score (nSPS) is 12.1. The summed E-state index contributed by atoms with van der Waals surface area (Å²) in [7, 11) is -2.73. The quantitative estimate of drug-likeness (QED) is 0.233. The number of hydrogen-bond acceptors (Lipinski definition) is 6. The number of carbonyl (C=O) groups excluding carboxylic acids is 3. The summed E-state index contributed by atoms with van der Waals surface area (Å²) < 4.78 is 33.4. The highest BCUT2D eigenvalue weighted by Crippen LogP contribution is 2.44. The maximum atomic E-state index is 13.4. The predicted octanol–water partition coefficient (Wildman–Crippen LogP) is 5.55. The van der Waals surface area contributed by atoms with Crippen molar-refractivity contribution in [1.29, 1.82) is 0 Å². The van der Waals surface area contributed by atoms with Gasteiger partial charge in [0.25, 0.3) is 10.0 Å². The summed E-state index contributed by atoms with van der Waals surface area (Å²) in [6, 6.07) is 27.7. The van der Waals surface area contributed by atoms with Crippen molar-refractivity contribution in [3.8, 4) is 11.1 Å². The van der Waals surface area contributed by atoms with Crippen LogP contribution in [0.1, 0.15) is 17.0 Å². The van der Waals surface area contributed by atoms with E-state index < -0.39 is 28.6 Å². The Morgan fingerprint density at radius 2 is 1.56 bits per heavy atom. The van der Waals surface area contributed by atoms with Crippen LogP contribution in [-0.2, 0) is 24.3 Å². The summed E-state index contributed by atoms with van der Waals surface area (Å²) in [4.78, 5) is 37.9. The molecule has 0 atom stereocenters. The Balaban J connectivity index is 1.22. The molecule has 0 aromatic heterocycles. The average molecular weight is 618 g/mol. The SMILES string of the molecule is CN(CC(=O)Nc1cccc(S(=O)(=O)N(CC=O)c2cccc(Cl)c2)c1)C(=O)OCC1c2ccccc2-c2ccccc21. The molecule has 0 aliphatic heterocycles. The van der Waals surface area contributed by atoms with Crippen LogP contribution in [0.5, 0.6) is 0 Å². The Kier molecular flexibility index (Phi) is 8.79. The molecule has 0 bridgehead atoms. The minimum Gasteiger partial charge on any atom is -0.448 e. The van der Waals surface area contributed by atoms with E-state index >= 15 is 0 Å². The van der Waals surface area contributed by atoms with Crippen LogP contribution in [-0.4, -0.2) is 58.3 Å². The number of nitrogens with zero attached hydrogens (tertiary/aromatic N) is 2. The van der Waals surface area contributed by atoms with Crippen LogP contribution in [0, 0.1) is 0 Å². The molecule has 1 N–H and O–H groups in total. The maximum Gasteiger partial charge on any atom is 0.409 e. The van der Waals surface area contributed by atoms with Gasteiger partial charge in [-0.15, -0.1) is 0 Å². The maximum absolute atomic E-state index is 13.4. The fourth-order valence-corrected chi connectivity index (χ4v) is 6.70. The number of sulfonamides is 1. The van der Waals surface area contributed by atoms with Gasteiger partial charge in [-0.05, 0) is 58.7 Å². The first-order valence-corrected chi connectivity index (χ1v) is 15.2. The third-order valence-electron chi connectivity index (χ3n) is 7.07. The van der Waals surface area contributed by atoms with Crippen LogP contribution >= 0.6 is 11.6 Å². The van der Waals surface area contributed by atoms with Crippen molar-refractivity contribution in [2.24, 2.45) is 0 Å². The molecule has 5 rings (SSSR count). The van der Waals surface area contributed by atoms with Gasteiger partial charge in [0, 0.05) is 23.7 Å². The fourth-order valence-electron chi connectivity index (χ4n) is 5.09. The Bertz CT molecular complexity index is 1750. The number of rotatable bonds is 10. The monoisotopic (exact) mass is 617 g/mol. The van der Waals surface area contributed by atoms with Gasteiger partial charge in [0.15, 0.2) is 0 Å². The molecule has 0 heterocycles. The Morgan fingerprint density at radius 3 is 2.21 bits per heavy atom. The minimum absolute atomic E-state index is 0.114. The molecule has 43 heavy (non-hydrogen) atoms. The molecule has 0 saturated carbocycles. The van der Waals surface area contributed by atoms with E-state index in [1.165, 1.54) is 43.4 Å². The van der Waals surface area contributed by atoms with Crippen molar-refractivity contribution in [2.45, 2.75) is 10.8 Å². The zero-order chi connectivity index (χ0) is 30.6. The van der Waals surface area contributed by atoms with Crippen LogP contribution in [0.3, 0.4) is 0 Å². The molecule has 220 valence electrons. The number of hydrogen-bond donors (Lipinski definition) is 1. The van der Waals surface area contributed by atoms with Gasteiger partial charge >= 0.3 is 6.09 Å². The van der Waals surface area contributed by atoms with E-state index in [2.05, 4.69) is 5.32 Å². The summed E-state index contributed by atoms with van der Waals surface area (Å²) in [6.45, 7) is -0.639. The first-order chi connectivity index (χ1) is 20.7. The van der Waals surface area contributed by atoms with Gasteiger partial charge in [0.1, 0.15) is 19.4 Å². The number of nitrogens with one attached hydrogen (secondary N) is 1. The molecule has 2 amide bonds. The molecule has 11 heteroatoms. The van der Waals surface area contributed by atoms with Gasteiger partial charge < -0.3 is 19.7 Å². The third kappa shape index (κ3) is 6.40. The molecule has 4 aromatic rings. The second-order valence-electron chi connectivity index (χ2n) is 9.92. The van der Waals surface area contributed by atoms with E-state index in [0.717, 1.165) is 31.5 Å². The topological polar surface area (TPSA) is 113 Å². The number of benzene rings is 4. The highest BCUT2D eigenvalue weighted by atomic mass is 35.5.